The van der Waals surface area contributed by atoms with Crippen LogP contribution in [0.4, 0.5) is 5.82 Å². The Morgan fingerprint density at radius 1 is 1.06 bits per heavy atom. The summed E-state index contributed by atoms with van der Waals surface area (Å²) in [4.78, 5) is 8.97. The highest BCUT2D eigenvalue weighted by atomic mass is 15.0. The Kier molecular flexibility index (Phi) is 3.07. The van der Waals surface area contributed by atoms with E-state index in [-0.39, 0.29) is 5.41 Å². The fourth-order valence-corrected chi connectivity index (χ4v) is 1.80. The Hall–Kier alpha value is -1.90. The van der Waals surface area contributed by atoms with Gasteiger partial charge in [-0.2, -0.15) is 0 Å². The molecule has 0 fully saturated rings. The summed E-state index contributed by atoms with van der Waals surface area (Å²) in [5.74, 6) is 1.30. The Bertz CT molecular complexity index is 568. The summed E-state index contributed by atoms with van der Waals surface area (Å²) >= 11 is 0. The first-order valence-electron chi connectivity index (χ1n) is 6.09. The predicted molar refractivity (Wildman–Crippen MR) is 75.3 cm³/mol. The molecule has 2 N–H and O–H groups in total. The van der Waals surface area contributed by atoms with Gasteiger partial charge in [-0.1, -0.05) is 45.0 Å². The summed E-state index contributed by atoms with van der Waals surface area (Å²) in [6, 6.07) is 10.00. The molecule has 0 aliphatic carbocycles. The highest BCUT2D eigenvalue weighted by Crippen LogP contribution is 2.26. The largest absolute Gasteiger partial charge is 0.384 e. The van der Waals surface area contributed by atoms with Crippen LogP contribution < -0.4 is 5.73 Å². The van der Waals surface area contributed by atoms with Crippen LogP contribution in [0.1, 0.15) is 32.2 Å². The molecule has 0 saturated heterocycles. The maximum atomic E-state index is 5.89. The molecule has 1 aromatic carbocycles. The zero-order chi connectivity index (χ0) is 13.3. The van der Waals surface area contributed by atoms with Crippen molar-refractivity contribution in [2.45, 2.75) is 33.1 Å². The molecule has 94 valence electrons. The molecule has 2 rings (SSSR count). The molecule has 0 aliphatic rings. The van der Waals surface area contributed by atoms with Crippen molar-refractivity contribution >= 4 is 5.82 Å². The first-order valence-corrected chi connectivity index (χ1v) is 6.09. The van der Waals surface area contributed by atoms with Gasteiger partial charge < -0.3 is 5.73 Å². The highest BCUT2D eigenvalue weighted by Gasteiger charge is 2.19. The van der Waals surface area contributed by atoms with E-state index in [0.29, 0.717) is 5.82 Å². The molecule has 0 amide bonds. The molecule has 0 aliphatic heterocycles. The molecule has 3 nitrogen and oxygen atoms in total. The minimum Gasteiger partial charge on any atom is -0.384 e. The van der Waals surface area contributed by atoms with Crippen LogP contribution in [0, 0.1) is 6.92 Å². The standard InChI is InChI=1S/C15H19N3/c1-10-7-5-6-8-11(10)12-9-13(16)18-14(17-12)15(2,3)4/h5-9H,1-4H3,(H2,16,17,18). The van der Waals surface area contributed by atoms with Crippen LogP contribution in [-0.2, 0) is 5.41 Å². The van der Waals surface area contributed by atoms with E-state index in [0.717, 1.165) is 17.1 Å². The number of aromatic nitrogens is 2. The molecule has 0 bridgehead atoms. The molecule has 2 aromatic rings. The molecule has 0 spiro atoms. The fraction of sp³-hybridized carbons (Fsp3) is 0.333. The van der Waals surface area contributed by atoms with Crippen LogP contribution in [-0.4, -0.2) is 9.97 Å². The number of hydrogen-bond acceptors (Lipinski definition) is 3. The molecule has 1 aromatic heterocycles. The lowest BCUT2D eigenvalue weighted by Crippen LogP contribution is -2.17. The van der Waals surface area contributed by atoms with E-state index in [9.17, 15) is 0 Å². The predicted octanol–water partition coefficient (Wildman–Crippen LogP) is 3.33. The third-order valence-electron chi connectivity index (χ3n) is 2.84. The van der Waals surface area contributed by atoms with Crippen LogP contribution in [0.5, 0.6) is 0 Å². The lowest BCUT2D eigenvalue weighted by Gasteiger charge is -2.18. The second-order valence-electron chi connectivity index (χ2n) is 5.57. The van der Waals surface area contributed by atoms with Crippen molar-refractivity contribution in [1.29, 1.82) is 0 Å². The van der Waals surface area contributed by atoms with Crippen molar-refractivity contribution in [2.75, 3.05) is 5.73 Å². The average molecular weight is 241 g/mol. The van der Waals surface area contributed by atoms with Crippen molar-refractivity contribution in [3.63, 3.8) is 0 Å². The monoisotopic (exact) mass is 241 g/mol. The van der Waals surface area contributed by atoms with Gasteiger partial charge in [0.1, 0.15) is 11.6 Å². The number of aryl methyl sites for hydroxylation is 1. The molecule has 0 unspecified atom stereocenters. The zero-order valence-corrected chi connectivity index (χ0v) is 11.4. The summed E-state index contributed by atoms with van der Waals surface area (Å²) in [5, 5.41) is 0. The quantitative estimate of drug-likeness (QED) is 0.833. The van der Waals surface area contributed by atoms with Crippen LogP contribution in [0.2, 0.25) is 0 Å². The van der Waals surface area contributed by atoms with E-state index >= 15 is 0 Å². The maximum absolute atomic E-state index is 5.89. The fourth-order valence-electron chi connectivity index (χ4n) is 1.80. The van der Waals surface area contributed by atoms with Gasteiger partial charge in [0.15, 0.2) is 0 Å². The van der Waals surface area contributed by atoms with Crippen LogP contribution in [0.15, 0.2) is 30.3 Å². The number of anilines is 1. The van der Waals surface area contributed by atoms with E-state index in [1.807, 2.05) is 18.2 Å². The van der Waals surface area contributed by atoms with E-state index < -0.39 is 0 Å². The van der Waals surface area contributed by atoms with Crippen molar-refractivity contribution in [2.24, 2.45) is 0 Å². The topological polar surface area (TPSA) is 51.8 Å². The second-order valence-corrected chi connectivity index (χ2v) is 5.57. The highest BCUT2D eigenvalue weighted by molar-refractivity contribution is 5.65. The lowest BCUT2D eigenvalue weighted by atomic mass is 9.95. The molecular weight excluding hydrogens is 222 g/mol. The summed E-state index contributed by atoms with van der Waals surface area (Å²) in [6.07, 6.45) is 0. The summed E-state index contributed by atoms with van der Waals surface area (Å²) < 4.78 is 0. The first-order chi connectivity index (χ1) is 8.38. The van der Waals surface area contributed by atoms with Crippen molar-refractivity contribution in [1.82, 2.24) is 9.97 Å². The Balaban J connectivity index is 2.60. The minimum atomic E-state index is -0.104. The lowest BCUT2D eigenvalue weighted by molar-refractivity contribution is 0.547. The molecule has 0 saturated carbocycles. The number of hydrogen-bond donors (Lipinski definition) is 1. The van der Waals surface area contributed by atoms with Gasteiger partial charge in [0.25, 0.3) is 0 Å². The second kappa shape index (κ2) is 4.41. The van der Waals surface area contributed by atoms with Gasteiger partial charge in [0.05, 0.1) is 5.69 Å². The van der Waals surface area contributed by atoms with Gasteiger partial charge in [0, 0.05) is 17.0 Å². The summed E-state index contributed by atoms with van der Waals surface area (Å²) in [5.41, 5.74) is 8.98. The molecule has 1 heterocycles. The van der Waals surface area contributed by atoms with Crippen molar-refractivity contribution in [3.8, 4) is 11.3 Å². The van der Waals surface area contributed by atoms with Gasteiger partial charge >= 0.3 is 0 Å². The molecule has 3 heteroatoms. The van der Waals surface area contributed by atoms with Gasteiger partial charge in [-0.3, -0.25) is 0 Å². The Labute approximate surface area is 108 Å². The summed E-state index contributed by atoms with van der Waals surface area (Å²) in [7, 11) is 0. The van der Waals surface area contributed by atoms with Crippen LogP contribution in [0.25, 0.3) is 11.3 Å². The van der Waals surface area contributed by atoms with Crippen LogP contribution in [0.3, 0.4) is 0 Å². The van der Waals surface area contributed by atoms with Gasteiger partial charge in [0.2, 0.25) is 0 Å². The number of nitrogens with two attached hydrogens (primary N) is 1. The maximum Gasteiger partial charge on any atom is 0.136 e. The first kappa shape index (κ1) is 12.6. The number of benzene rings is 1. The smallest absolute Gasteiger partial charge is 0.136 e. The van der Waals surface area contributed by atoms with Crippen LogP contribution >= 0.6 is 0 Å². The molecule has 18 heavy (non-hydrogen) atoms. The van der Waals surface area contributed by atoms with Gasteiger partial charge in [-0.15, -0.1) is 0 Å². The van der Waals surface area contributed by atoms with Gasteiger partial charge in [-0.25, -0.2) is 9.97 Å². The molecular formula is C15H19N3. The number of rotatable bonds is 1. The van der Waals surface area contributed by atoms with Crippen molar-refractivity contribution in [3.05, 3.63) is 41.7 Å². The third-order valence-corrected chi connectivity index (χ3v) is 2.84. The Morgan fingerprint density at radius 3 is 2.33 bits per heavy atom. The molecule has 0 atom stereocenters. The van der Waals surface area contributed by atoms with Gasteiger partial charge in [-0.05, 0) is 12.5 Å². The normalized spacial score (nSPS) is 11.6. The van der Waals surface area contributed by atoms with E-state index in [1.165, 1.54) is 5.56 Å². The Morgan fingerprint density at radius 2 is 1.72 bits per heavy atom. The van der Waals surface area contributed by atoms with Crippen molar-refractivity contribution < 1.29 is 0 Å². The van der Waals surface area contributed by atoms with E-state index in [2.05, 4.69) is 49.8 Å². The SMILES string of the molecule is Cc1ccccc1-c1cc(N)nc(C(C)(C)C)n1. The van der Waals surface area contributed by atoms with E-state index in [4.69, 9.17) is 5.73 Å². The summed E-state index contributed by atoms with van der Waals surface area (Å²) in [6.45, 7) is 8.33. The number of nitrogen functional groups attached to an aromatic ring is 1. The zero-order valence-electron chi connectivity index (χ0n) is 11.4. The average Bonchev–Trinajstić information content (AvgIpc) is 2.27. The molecule has 0 radical (unpaired) electrons. The minimum absolute atomic E-state index is 0.104. The third kappa shape index (κ3) is 2.50. The number of nitrogens with zero attached hydrogens (tertiary/aromatic N) is 2. The van der Waals surface area contributed by atoms with E-state index in [1.54, 1.807) is 0 Å².